The second-order valence-corrected chi connectivity index (χ2v) is 9.93. The molecule has 2 N–H and O–H groups in total. The van der Waals surface area contributed by atoms with Gasteiger partial charge in [-0.1, -0.05) is 26.0 Å². The standard InChI is InChI=1S/C22H27FO5/c1-11-8-14-13-6-4-12-5-7-15(25)18-20(12,3)21(13,23)17(28-18)9-19(14,2)22(11,27)16(26)10-24/h4-5,7,11,13-14,17-18,24,27H,6,8-10H2,1-3H3/t11-,13+,14+,17+,18-,19+,20+,21+,22+/m1/s1. The topological polar surface area (TPSA) is 83.8 Å². The number of allylic oxidation sites excluding steroid dienone is 2. The van der Waals surface area contributed by atoms with E-state index in [2.05, 4.69) is 0 Å². The number of aliphatic hydroxyl groups is 2. The predicted molar refractivity (Wildman–Crippen MR) is 98.0 cm³/mol. The summed E-state index contributed by atoms with van der Waals surface area (Å²) in [6.45, 7) is 4.69. The Morgan fingerprint density at radius 1 is 1.32 bits per heavy atom. The number of halogens is 1. The third kappa shape index (κ3) is 1.64. The van der Waals surface area contributed by atoms with Crippen LogP contribution in [0.4, 0.5) is 4.39 Å². The second kappa shape index (κ2) is 5.21. The monoisotopic (exact) mass is 390 g/mol. The molecule has 28 heavy (non-hydrogen) atoms. The average Bonchev–Trinajstić information content (AvgIpc) is 3.01. The summed E-state index contributed by atoms with van der Waals surface area (Å²) in [6, 6.07) is 0. The van der Waals surface area contributed by atoms with Crippen molar-refractivity contribution in [1.82, 2.24) is 0 Å². The molecule has 5 aliphatic rings. The van der Waals surface area contributed by atoms with Crippen molar-refractivity contribution in [3.05, 3.63) is 23.8 Å². The van der Waals surface area contributed by atoms with Crippen LogP contribution in [-0.2, 0) is 14.3 Å². The van der Waals surface area contributed by atoms with Crippen LogP contribution in [0.1, 0.15) is 40.0 Å². The highest BCUT2D eigenvalue weighted by Crippen LogP contribution is 2.73. The molecule has 3 fully saturated rings. The highest BCUT2D eigenvalue weighted by Gasteiger charge is 2.80. The van der Waals surface area contributed by atoms with E-state index >= 15 is 4.39 Å². The fourth-order valence-electron chi connectivity index (χ4n) is 7.75. The van der Waals surface area contributed by atoms with Gasteiger partial charge in [0.25, 0.3) is 0 Å². The first kappa shape index (κ1) is 18.6. The number of alkyl halides is 1. The lowest BCUT2D eigenvalue weighted by atomic mass is 9.45. The van der Waals surface area contributed by atoms with Gasteiger partial charge in [0, 0.05) is 11.3 Å². The Hall–Kier alpha value is -1.37. The van der Waals surface area contributed by atoms with Gasteiger partial charge in [-0.2, -0.15) is 0 Å². The minimum absolute atomic E-state index is 0.157. The molecule has 0 unspecified atom stereocenters. The molecule has 1 aliphatic heterocycles. The largest absolute Gasteiger partial charge is 0.388 e. The zero-order valence-electron chi connectivity index (χ0n) is 16.4. The number of Topliss-reactive ketones (excluding diaryl/α,β-unsaturated/α-hetero) is 1. The number of rotatable bonds is 2. The fraction of sp³-hybridized carbons (Fsp3) is 0.727. The highest BCUT2D eigenvalue weighted by molar-refractivity contribution is 5.97. The number of carbonyl (C=O) groups excluding carboxylic acids is 2. The Morgan fingerprint density at radius 3 is 2.71 bits per heavy atom. The SMILES string of the molecule is C[C@@H]1C[C@H]2[C@@H]3CC=C4C=CC(=O)[C@H]5O[C@@H](C[C@]2(C)[C@@]1(O)C(=O)CO)[C@]3(F)[C@@]45C. The minimum Gasteiger partial charge on any atom is -0.388 e. The lowest BCUT2D eigenvalue weighted by molar-refractivity contribution is -0.193. The molecule has 6 heteroatoms. The first-order valence-electron chi connectivity index (χ1n) is 10.2. The average molecular weight is 390 g/mol. The van der Waals surface area contributed by atoms with E-state index in [-0.39, 0.29) is 24.0 Å². The van der Waals surface area contributed by atoms with Gasteiger partial charge in [-0.25, -0.2) is 4.39 Å². The third-order valence-electron chi connectivity index (χ3n) is 9.18. The van der Waals surface area contributed by atoms with Gasteiger partial charge >= 0.3 is 0 Å². The maximum absolute atomic E-state index is 17.0. The molecule has 1 saturated heterocycles. The third-order valence-corrected chi connectivity index (χ3v) is 9.18. The summed E-state index contributed by atoms with van der Waals surface area (Å²) < 4.78 is 23.1. The maximum atomic E-state index is 17.0. The normalized spacial score (nSPS) is 56.3. The molecular formula is C22H27FO5. The van der Waals surface area contributed by atoms with E-state index in [1.54, 1.807) is 19.9 Å². The van der Waals surface area contributed by atoms with E-state index in [1.165, 1.54) is 6.08 Å². The lowest BCUT2D eigenvalue weighted by Crippen LogP contribution is -2.67. The number of hydrogen-bond acceptors (Lipinski definition) is 5. The first-order valence-corrected chi connectivity index (χ1v) is 10.2. The van der Waals surface area contributed by atoms with Crippen molar-refractivity contribution >= 4 is 11.6 Å². The quantitative estimate of drug-likeness (QED) is 0.753. The predicted octanol–water partition coefficient (Wildman–Crippen LogP) is 1.91. The maximum Gasteiger partial charge on any atom is 0.190 e. The number of fused-ring (bicyclic) bond motifs is 2. The van der Waals surface area contributed by atoms with E-state index < -0.39 is 52.6 Å². The van der Waals surface area contributed by atoms with Gasteiger partial charge < -0.3 is 14.9 Å². The van der Waals surface area contributed by atoms with Crippen molar-refractivity contribution < 1.29 is 28.9 Å². The van der Waals surface area contributed by atoms with Gasteiger partial charge in [0.2, 0.25) is 0 Å². The van der Waals surface area contributed by atoms with Crippen molar-refractivity contribution in [3.8, 4) is 0 Å². The van der Waals surface area contributed by atoms with Crippen LogP contribution in [0.2, 0.25) is 0 Å². The zero-order valence-corrected chi connectivity index (χ0v) is 16.4. The smallest absolute Gasteiger partial charge is 0.190 e. The van der Waals surface area contributed by atoms with Gasteiger partial charge in [0.15, 0.2) is 17.2 Å². The number of aliphatic hydroxyl groups excluding tert-OH is 1. The van der Waals surface area contributed by atoms with Crippen LogP contribution < -0.4 is 0 Å². The van der Waals surface area contributed by atoms with Crippen molar-refractivity contribution in [2.45, 2.75) is 63.5 Å². The molecule has 4 aliphatic carbocycles. The highest BCUT2D eigenvalue weighted by atomic mass is 19.1. The van der Waals surface area contributed by atoms with E-state index in [1.807, 2.05) is 13.0 Å². The zero-order chi connectivity index (χ0) is 20.3. The summed E-state index contributed by atoms with van der Waals surface area (Å²) in [5.41, 5.74) is -4.59. The molecule has 5 rings (SSSR count). The number of ketones is 2. The number of carbonyl (C=O) groups is 2. The first-order chi connectivity index (χ1) is 13.1. The minimum atomic E-state index is -1.72. The van der Waals surface area contributed by atoms with Gasteiger partial charge in [-0.3, -0.25) is 9.59 Å². The molecule has 0 amide bonds. The molecule has 0 bridgehead atoms. The molecule has 2 saturated carbocycles. The second-order valence-electron chi connectivity index (χ2n) is 9.93. The molecule has 0 spiro atoms. The Labute approximate surface area is 163 Å². The summed E-state index contributed by atoms with van der Waals surface area (Å²) in [4.78, 5) is 25.2. The molecule has 152 valence electrons. The van der Waals surface area contributed by atoms with Crippen LogP contribution in [0.3, 0.4) is 0 Å². The Kier molecular flexibility index (Phi) is 3.47. The molecule has 1 heterocycles. The molecular weight excluding hydrogens is 363 g/mol. The lowest BCUT2D eigenvalue weighted by Gasteiger charge is -2.59. The van der Waals surface area contributed by atoms with Crippen molar-refractivity contribution in [2.24, 2.45) is 28.6 Å². The van der Waals surface area contributed by atoms with Gasteiger partial charge in [-0.15, -0.1) is 0 Å². The van der Waals surface area contributed by atoms with Crippen LogP contribution in [0, 0.1) is 28.6 Å². The van der Waals surface area contributed by atoms with Gasteiger partial charge in [-0.05, 0) is 49.7 Å². The van der Waals surface area contributed by atoms with Gasteiger partial charge in [0.1, 0.15) is 18.3 Å². The number of hydrogen-bond donors (Lipinski definition) is 2. The van der Waals surface area contributed by atoms with Crippen molar-refractivity contribution in [3.63, 3.8) is 0 Å². The Bertz CT molecular complexity index is 850. The van der Waals surface area contributed by atoms with Crippen LogP contribution in [0.15, 0.2) is 23.8 Å². The molecule has 5 nitrogen and oxygen atoms in total. The van der Waals surface area contributed by atoms with Crippen molar-refractivity contribution in [2.75, 3.05) is 6.61 Å². The summed E-state index contributed by atoms with van der Waals surface area (Å²) in [5, 5.41) is 21.0. The number of ether oxygens (including phenoxy) is 1. The fourth-order valence-corrected chi connectivity index (χ4v) is 7.75. The van der Waals surface area contributed by atoms with Gasteiger partial charge in [0.05, 0.1) is 11.5 Å². The Morgan fingerprint density at radius 2 is 2.04 bits per heavy atom. The van der Waals surface area contributed by atoms with Crippen molar-refractivity contribution in [1.29, 1.82) is 0 Å². The van der Waals surface area contributed by atoms with E-state index in [0.717, 1.165) is 5.57 Å². The molecule has 9 atom stereocenters. The van der Waals surface area contributed by atoms with Crippen LogP contribution in [0.5, 0.6) is 0 Å². The summed E-state index contributed by atoms with van der Waals surface area (Å²) in [5.74, 6) is -1.90. The summed E-state index contributed by atoms with van der Waals surface area (Å²) in [7, 11) is 0. The molecule has 0 radical (unpaired) electrons. The van der Waals surface area contributed by atoms with E-state index in [4.69, 9.17) is 4.74 Å². The molecule has 0 aromatic carbocycles. The van der Waals surface area contributed by atoms with Crippen LogP contribution in [-0.4, -0.2) is 51.9 Å². The van der Waals surface area contributed by atoms with E-state index in [0.29, 0.717) is 12.8 Å². The van der Waals surface area contributed by atoms with E-state index in [9.17, 15) is 19.8 Å². The Balaban J connectivity index is 1.69. The molecule has 0 aromatic rings. The molecule has 0 aromatic heterocycles. The van der Waals surface area contributed by atoms with Crippen LogP contribution in [0.25, 0.3) is 0 Å². The summed E-state index contributed by atoms with van der Waals surface area (Å²) in [6.07, 6.45) is 4.61. The van der Waals surface area contributed by atoms with Crippen LogP contribution >= 0.6 is 0 Å². The summed E-state index contributed by atoms with van der Waals surface area (Å²) >= 11 is 0.